The molecule has 2 aromatic heterocycles. The molecule has 1 amide bonds. The summed E-state index contributed by atoms with van der Waals surface area (Å²) >= 11 is 0. The summed E-state index contributed by atoms with van der Waals surface area (Å²) in [4.78, 5) is 17.3. The van der Waals surface area contributed by atoms with Gasteiger partial charge in [0.2, 0.25) is 5.89 Å². The number of nitrogens with zero attached hydrogens (tertiary/aromatic N) is 4. The zero-order chi connectivity index (χ0) is 19.5. The van der Waals surface area contributed by atoms with E-state index in [1.165, 1.54) is 19.3 Å². The van der Waals surface area contributed by atoms with Gasteiger partial charge in [-0.25, -0.2) is 0 Å². The van der Waals surface area contributed by atoms with Crippen molar-refractivity contribution in [2.24, 2.45) is 0 Å². The van der Waals surface area contributed by atoms with Crippen LogP contribution in [-0.4, -0.2) is 39.0 Å². The Balaban J connectivity index is 1.40. The Bertz CT molecular complexity index is 803. The largest absolute Gasteiger partial charge is 0.381 e. The lowest BCUT2D eigenvalue weighted by Gasteiger charge is -2.23. The van der Waals surface area contributed by atoms with E-state index in [4.69, 9.17) is 9.26 Å². The summed E-state index contributed by atoms with van der Waals surface area (Å²) in [6.45, 7) is 5.29. The molecule has 1 N–H and O–H groups in total. The van der Waals surface area contributed by atoms with E-state index in [-0.39, 0.29) is 11.9 Å². The Hall–Kier alpha value is -2.22. The highest BCUT2D eigenvalue weighted by Crippen LogP contribution is 2.31. The molecule has 2 aromatic rings. The van der Waals surface area contributed by atoms with Crippen LogP contribution in [-0.2, 0) is 4.74 Å². The Morgan fingerprint density at radius 1 is 1.21 bits per heavy atom. The van der Waals surface area contributed by atoms with Gasteiger partial charge in [0.25, 0.3) is 5.91 Å². The van der Waals surface area contributed by atoms with E-state index in [1.54, 1.807) is 6.20 Å². The Morgan fingerprint density at radius 2 is 1.96 bits per heavy atom. The van der Waals surface area contributed by atoms with E-state index < -0.39 is 0 Å². The number of rotatable bonds is 5. The zero-order valence-electron chi connectivity index (χ0n) is 16.7. The fraction of sp³-hybridized carbons (Fsp3) is 0.700. The van der Waals surface area contributed by atoms with Crippen molar-refractivity contribution in [2.75, 3.05) is 13.2 Å². The van der Waals surface area contributed by atoms with Crippen LogP contribution in [0.5, 0.6) is 0 Å². The SMILES string of the molecule is Cc1c(C(=O)NC(C)c2nc(C3CCCCC3)no2)cnn1C1CCOCC1. The summed E-state index contributed by atoms with van der Waals surface area (Å²) in [6.07, 6.45) is 9.45. The van der Waals surface area contributed by atoms with E-state index >= 15 is 0 Å². The van der Waals surface area contributed by atoms with E-state index in [1.807, 2.05) is 18.5 Å². The summed E-state index contributed by atoms with van der Waals surface area (Å²) in [5.74, 6) is 1.46. The molecule has 4 rings (SSSR count). The average Bonchev–Trinajstić information content (AvgIpc) is 3.36. The molecule has 1 aliphatic carbocycles. The number of nitrogens with one attached hydrogen (secondary N) is 1. The van der Waals surface area contributed by atoms with Crippen molar-refractivity contribution in [3.8, 4) is 0 Å². The molecular weight excluding hydrogens is 358 g/mol. The average molecular weight is 387 g/mol. The maximum atomic E-state index is 12.8. The van der Waals surface area contributed by atoms with E-state index in [9.17, 15) is 4.79 Å². The van der Waals surface area contributed by atoms with Crippen LogP contribution in [0.3, 0.4) is 0 Å². The molecule has 0 spiro atoms. The molecule has 0 radical (unpaired) electrons. The fourth-order valence-electron chi connectivity index (χ4n) is 4.23. The molecule has 8 heteroatoms. The molecular formula is C20H29N5O3. The molecule has 0 aromatic carbocycles. The van der Waals surface area contributed by atoms with Gasteiger partial charge in [0.1, 0.15) is 6.04 Å². The predicted octanol–water partition coefficient (Wildman–Crippen LogP) is 3.46. The van der Waals surface area contributed by atoms with Gasteiger partial charge >= 0.3 is 0 Å². The zero-order valence-corrected chi connectivity index (χ0v) is 16.7. The number of aromatic nitrogens is 4. The number of amides is 1. The molecule has 3 heterocycles. The first-order valence-corrected chi connectivity index (χ1v) is 10.4. The van der Waals surface area contributed by atoms with Crippen molar-refractivity contribution < 1.29 is 14.1 Å². The second kappa shape index (κ2) is 8.43. The first kappa shape index (κ1) is 19.1. The van der Waals surface area contributed by atoms with Gasteiger partial charge in [0, 0.05) is 24.8 Å². The molecule has 2 aliphatic rings. The minimum Gasteiger partial charge on any atom is -0.381 e. The summed E-state index contributed by atoms with van der Waals surface area (Å²) in [7, 11) is 0. The third-order valence-electron chi connectivity index (χ3n) is 5.97. The number of ether oxygens (including phenoxy) is 1. The van der Waals surface area contributed by atoms with Crippen LogP contribution in [0.1, 0.15) is 97.6 Å². The fourth-order valence-corrected chi connectivity index (χ4v) is 4.23. The molecule has 1 saturated heterocycles. The number of carbonyl (C=O) groups excluding carboxylic acids is 1. The third kappa shape index (κ3) is 3.97. The van der Waals surface area contributed by atoms with Crippen molar-refractivity contribution in [1.82, 2.24) is 25.2 Å². The first-order chi connectivity index (χ1) is 13.6. The van der Waals surface area contributed by atoms with Gasteiger partial charge in [-0.3, -0.25) is 9.48 Å². The molecule has 1 atom stereocenters. The lowest BCUT2D eigenvalue weighted by Crippen LogP contribution is -2.28. The van der Waals surface area contributed by atoms with E-state index in [0.29, 0.717) is 23.4 Å². The number of hydrogen-bond donors (Lipinski definition) is 1. The molecule has 2 fully saturated rings. The topological polar surface area (TPSA) is 95.1 Å². The number of carbonyl (C=O) groups is 1. The van der Waals surface area contributed by atoms with Crippen molar-refractivity contribution in [1.29, 1.82) is 0 Å². The Kier molecular flexibility index (Phi) is 5.75. The maximum absolute atomic E-state index is 12.8. The first-order valence-electron chi connectivity index (χ1n) is 10.4. The molecule has 1 aliphatic heterocycles. The minimum atomic E-state index is -0.344. The van der Waals surface area contributed by atoms with Crippen LogP contribution < -0.4 is 5.32 Å². The summed E-state index contributed by atoms with van der Waals surface area (Å²) in [5.41, 5.74) is 1.47. The molecule has 28 heavy (non-hydrogen) atoms. The predicted molar refractivity (Wildman–Crippen MR) is 102 cm³/mol. The van der Waals surface area contributed by atoms with Crippen molar-refractivity contribution in [3.05, 3.63) is 29.2 Å². The highest BCUT2D eigenvalue weighted by Gasteiger charge is 2.26. The molecule has 152 valence electrons. The molecule has 8 nitrogen and oxygen atoms in total. The highest BCUT2D eigenvalue weighted by atomic mass is 16.5. The Labute approximate surface area is 165 Å². The summed E-state index contributed by atoms with van der Waals surface area (Å²) in [6, 6.07) is -0.0510. The normalized spacial score (nSPS) is 20.2. The second-order valence-corrected chi connectivity index (χ2v) is 7.95. The van der Waals surface area contributed by atoms with Crippen LogP contribution in [0.25, 0.3) is 0 Å². The van der Waals surface area contributed by atoms with Crippen LogP contribution in [0.2, 0.25) is 0 Å². The van der Waals surface area contributed by atoms with Crippen molar-refractivity contribution >= 4 is 5.91 Å². The van der Waals surface area contributed by atoms with Gasteiger partial charge in [0.05, 0.1) is 17.8 Å². The maximum Gasteiger partial charge on any atom is 0.255 e. The van der Waals surface area contributed by atoms with Crippen LogP contribution >= 0.6 is 0 Å². The van der Waals surface area contributed by atoms with Crippen LogP contribution in [0, 0.1) is 6.92 Å². The number of hydrogen-bond acceptors (Lipinski definition) is 6. The van der Waals surface area contributed by atoms with Gasteiger partial charge in [-0.05, 0) is 39.5 Å². The Morgan fingerprint density at radius 3 is 2.71 bits per heavy atom. The molecule has 0 bridgehead atoms. The molecule has 1 unspecified atom stereocenters. The van der Waals surface area contributed by atoms with E-state index in [0.717, 1.165) is 50.4 Å². The summed E-state index contributed by atoms with van der Waals surface area (Å²) < 4.78 is 12.8. The van der Waals surface area contributed by atoms with E-state index in [2.05, 4.69) is 20.6 Å². The van der Waals surface area contributed by atoms with Crippen molar-refractivity contribution in [3.63, 3.8) is 0 Å². The van der Waals surface area contributed by atoms with Crippen LogP contribution in [0.4, 0.5) is 0 Å². The standard InChI is InChI=1S/C20H29N5O3/c1-13(20-23-18(24-28-20)15-6-4-3-5-7-15)22-19(26)17-12-21-25(14(17)2)16-8-10-27-11-9-16/h12-13,15-16H,3-11H2,1-2H3,(H,22,26). The molecule has 1 saturated carbocycles. The summed E-state index contributed by atoms with van der Waals surface area (Å²) in [5, 5.41) is 11.6. The van der Waals surface area contributed by atoms with Gasteiger partial charge < -0.3 is 14.6 Å². The monoisotopic (exact) mass is 387 g/mol. The highest BCUT2D eigenvalue weighted by molar-refractivity contribution is 5.95. The minimum absolute atomic E-state index is 0.166. The second-order valence-electron chi connectivity index (χ2n) is 7.95. The van der Waals surface area contributed by atoms with Gasteiger partial charge in [-0.1, -0.05) is 24.4 Å². The van der Waals surface area contributed by atoms with Gasteiger partial charge in [-0.2, -0.15) is 10.1 Å². The smallest absolute Gasteiger partial charge is 0.255 e. The lowest BCUT2D eigenvalue weighted by molar-refractivity contribution is 0.0656. The van der Waals surface area contributed by atoms with Gasteiger partial charge in [0.15, 0.2) is 5.82 Å². The van der Waals surface area contributed by atoms with Crippen LogP contribution in [0.15, 0.2) is 10.7 Å². The van der Waals surface area contributed by atoms with Crippen molar-refractivity contribution in [2.45, 2.75) is 76.8 Å². The van der Waals surface area contributed by atoms with Gasteiger partial charge in [-0.15, -0.1) is 0 Å². The lowest BCUT2D eigenvalue weighted by atomic mass is 9.89. The third-order valence-corrected chi connectivity index (χ3v) is 5.97. The quantitative estimate of drug-likeness (QED) is 0.844.